The maximum atomic E-state index is 13.0. The van der Waals surface area contributed by atoms with Crippen LogP contribution < -0.4 is 19.9 Å². The number of esters is 1. The van der Waals surface area contributed by atoms with Crippen molar-refractivity contribution in [2.75, 3.05) is 34.2 Å². The molecule has 0 unspecified atom stereocenters. The van der Waals surface area contributed by atoms with Crippen LogP contribution in [0.1, 0.15) is 42.5 Å². The first-order chi connectivity index (χ1) is 21.2. The molecule has 0 saturated heterocycles. The van der Waals surface area contributed by atoms with Gasteiger partial charge in [-0.1, -0.05) is 30.3 Å². The molecule has 0 bridgehead atoms. The van der Waals surface area contributed by atoms with E-state index in [0.717, 1.165) is 11.6 Å². The average Bonchev–Trinajstić information content (AvgIpc) is 3.05. The van der Waals surface area contributed by atoms with Gasteiger partial charge in [-0.2, -0.15) is 0 Å². The summed E-state index contributed by atoms with van der Waals surface area (Å²) in [5.41, 5.74) is 9.38. The number of nitrogen functional groups attached to an aromatic ring is 1. The summed E-state index contributed by atoms with van der Waals surface area (Å²) in [7, 11) is 5.55. The molecule has 224 valence electrons. The van der Waals surface area contributed by atoms with Gasteiger partial charge in [0.2, 0.25) is 17.3 Å². The Morgan fingerprint density at radius 2 is 1.55 bits per heavy atom. The molecule has 0 atom stereocenters. The first-order valence-corrected chi connectivity index (χ1v) is 13.4. The molecule has 2 aromatic carbocycles. The fraction of sp³-hybridized carbons (Fsp3) is 0.182. The van der Waals surface area contributed by atoms with Gasteiger partial charge in [0.15, 0.2) is 23.0 Å². The van der Waals surface area contributed by atoms with E-state index in [2.05, 4.69) is 9.97 Å². The second-order valence-electron chi connectivity index (χ2n) is 9.67. The minimum Gasteiger partial charge on any atom is -0.493 e. The van der Waals surface area contributed by atoms with Crippen LogP contribution in [0.4, 0.5) is 5.69 Å². The first kappa shape index (κ1) is 29.8. The van der Waals surface area contributed by atoms with Crippen molar-refractivity contribution in [1.29, 1.82) is 0 Å². The van der Waals surface area contributed by atoms with Gasteiger partial charge in [0, 0.05) is 17.2 Å². The molecular formula is C33H29N3O8. The first-order valence-electron chi connectivity index (χ1n) is 13.4. The third-order valence-electron chi connectivity index (χ3n) is 7.17. The minimum absolute atomic E-state index is 0.0287. The van der Waals surface area contributed by atoms with E-state index in [1.165, 1.54) is 40.6 Å². The van der Waals surface area contributed by atoms with Gasteiger partial charge in [-0.25, -0.2) is 14.8 Å². The third-order valence-corrected chi connectivity index (χ3v) is 7.17. The van der Waals surface area contributed by atoms with E-state index >= 15 is 0 Å². The van der Waals surface area contributed by atoms with Crippen LogP contribution in [0.25, 0.3) is 22.5 Å². The number of nitrogens with zero attached hydrogens (tertiary/aromatic N) is 2. The minimum atomic E-state index is -0.714. The summed E-state index contributed by atoms with van der Waals surface area (Å²) in [5.74, 6) is -0.752. The van der Waals surface area contributed by atoms with Gasteiger partial charge in [0.05, 0.1) is 45.4 Å². The van der Waals surface area contributed by atoms with Gasteiger partial charge in [-0.3, -0.25) is 9.59 Å². The van der Waals surface area contributed by atoms with Gasteiger partial charge in [-0.15, -0.1) is 0 Å². The molecule has 4 aromatic rings. The summed E-state index contributed by atoms with van der Waals surface area (Å²) in [6.45, 7) is 1.88. The zero-order valence-corrected chi connectivity index (χ0v) is 24.7. The van der Waals surface area contributed by atoms with Gasteiger partial charge < -0.3 is 29.4 Å². The summed E-state index contributed by atoms with van der Waals surface area (Å²) in [6.07, 6.45) is 1.08. The molecule has 0 aliphatic heterocycles. The van der Waals surface area contributed by atoms with Gasteiger partial charge >= 0.3 is 5.97 Å². The number of anilines is 1. The average molecular weight is 596 g/mol. The molecule has 44 heavy (non-hydrogen) atoms. The predicted octanol–water partition coefficient (Wildman–Crippen LogP) is 4.99. The number of Topliss-reactive ketones (excluding diaryl/α,β-unsaturated/α-hetero) is 1. The van der Waals surface area contributed by atoms with Crippen LogP contribution in [-0.4, -0.2) is 55.9 Å². The molecule has 0 spiro atoms. The summed E-state index contributed by atoms with van der Waals surface area (Å²) >= 11 is 0. The number of hydrogen-bond donors (Lipinski definition) is 1. The highest BCUT2D eigenvalue weighted by molar-refractivity contribution is 6.23. The van der Waals surface area contributed by atoms with Crippen molar-refractivity contribution in [3.05, 3.63) is 94.5 Å². The predicted molar refractivity (Wildman–Crippen MR) is 161 cm³/mol. The summed E-state index contributed by atoms with van der Waals surface area (Å²) in [5, 5.41) is 0. The van der Waals surface area contributed by atoms with Crippen molar-refractivity contribution in [3.8, 4) is 39.8 Å². The van der Waals surface area contributed by atoms with Crippen molar-refractivity contribution < 1.29 is 38.1 Å². The Labute approximate surface area is 253 Å². The number of fused-ring (bicyclic) bond motifs is 1. The maximum Gasteiger partial charge on any atom is 0.356 e. The summed E-state index contributed by atoms with van der Waals surface area (Å²) in [4.78, 5) is 47.6. The van der Waals surface area contributed by atoms with Crippen LogP contribution >= 0.6 is 0 Å². The fourth-order valence-electron chi connectivity index (χ4n) is 5.00. The van der Waals surface area contributed by atoms with E-state index < -0.39 is 17.5 Å². The van der Waals surface area contributed by atoms with Crippen LogP contribution in [0.2, 0.25) is 0 Å². The van der Waals surface area contributed by atoms with E-state index in [1.807, 2.05) is 30.3 Å². The number of ketones is 2. The lowest BCUT2D eigenvalue weighted by Gasteiger charge is -2.22. The number of aromatic nitrogens is 2. The Kier molecular flexibility index (Phi) is 8.30. The lowest BCUT2D eigenvalue weighted by atomic mass is 9.93. The molecule has 2 heterocycles. The van der Waals surface area contributed by atoms with Crippen LogP contribution in [-0.2, 0) is 16.1 Å². The van der Waals surface area contributed by atoms with Gasteiger partial charge in [0.1, 0.15) is 18.0 Å². The molecule has 2 aromatic heterocycles. The van der Waals surface area contributed by atoms with Crippen molar-refractivity contribution in [2.45, 2.75) is 13.5 Å². The van der Waals surface area contributed by atoms with Crippen LogP contribution in [0, 0.1) is 6.92 Å². The Balaban J connectivity index is 1.75. The van der Waals surface area contributed by atoms with Gasteiger partial charge in [-0.05, 0) is 42.3 Å². The zero-order chi connectivity index (χ0) is 31.5. The second kappa shape index (κ2) is 12.3. The van der Waals surface area contributed by atoms with Crippen LogP contribution in [0.5, 0.6) is 17.2 Å². The molecule has 0 fully saturated rings. The number of nitrogens with two attached hydrogens (primary N) is 1. The number of methoxy groups -OCH3 is 4. The Bertz CT molecular complexity index is 1830. The van der Waals surface area contributed by atoms with Crippen molar-refractivity contribution in [3.63, 3.8) is 0 Å². The van der Waals surface area contributed by atoms with Gasteiger partial charge in [0.25, 0.3) is 0 Å². The smallest absolute Gasteiger partial charge is 0.356 e. The van der Waals surface area contributed by atoms with Crippen molar-refractivity contribution in [1.82, 2.24) is 9.97 Å². The SMILES string of the molecule is COC(=O)c1nc(-c2ccc3c(n2)C(=O)C=C(OC)C3=O)c(N)c(-c2ccc(OC)c(OC)c2OCc2ccccc2)c1C. The molecule has 11 heteroatoms. The highest BCUT2D eigenvalue weighted by Crippen LogP contribution is 2.48. The lowest BCUT2D eigenvalue weighted by molar-refractivity contribution is 0.0593. The topological polar surface area (TPSA) is 149 Å². The fourth-order valence-corrected chi connectivity index (χ4v) is 5.00. The number of allylic oxidation sites excluding steroid dienone is 2. The maximum absolute atomic E-state index is 13.0. The Morgan fingerprint density at radius 3 is 2.20 bits per heavy atom. The largest absolute Gasteiger partial charge is 0.493 e. The monoisotopic (exact) mass is 595 g/mol. The molecule has 0 saturated carbocycles. The number of rotatable bonds is 9. The Hall–Kier alpha value is -5.71. The highest BCUT2D eigenvalue weighted by atomic mass is 16.5. The van der Waals surface area contributed by atoms with E-state index in [0.29, 0.717) is 33.9 Å². The number of carbonyl (C=O) groups is 3. The molecule has 1 aliphatic rings. The van der Waals surface area contributed by atoms with Crippen molar-refractivity contribution >= 4 is 23.2 Å². The number of ether oxygens (including phenoxy) is 5. The van der Waals surface area contributed by atoms with Crippen LogP contribution in [0.15, 0.2) is 66.4 Å². The number of pyridine rings is 2. The standard InChI is InChI=1S/C33H29N3O8/c1-17-25(19-12-14-23(40-2)32(42-4)31(19)44-16-18-9-7-6-8-10-18)26(34)29(36-27(17)33(39)43-5)21-13-11-20-28(35-21)22(37)15-24(41-3)30(20)38/h6-15H,16,34H2,1-5H3. The lowest BCUT2D eigenvalue weighted by Crippen LogP contribution is -2.20. The normalized spacial score (nSPS) is 12.2. The number of benzene rings is 2. The highest BCUT2D eigenvalue weighted by Gasteiger charge is 2.31. The van der Waals surface area contributed by atoms with Crippen LogP contribution in [0.3, 0.4) is 0 Å². The van der Waals surface area contributed by atoms with E-state index in [1.54, 1.807) is 19.1 Å². The second-order valence-corrected chi connectivity index (χ2v) is 9.67. The van der Waals surface area contributed by atoms with Crippen molar-refractivity contribution in [2.24, 2.45) is 0 Å². The Morgan fingerprint density at radius 1 is 0.818 bits per heavy atom. The molecule has 2 N–H and O–H groups in total. The van der Waals surface area contributed by atoms with E-state index in [-0.39, 0.29) is 46.4 Å². The quantitative estimate of drug-likeness (QED) is 0.261. The molecule has 0 amide bonds. The number of carbonyl (C=O) groups excluding carboxylic acids is 3. The molecular weight excluding hydrogens is 566 g/mol. The van der Waals surface area contributed by atoms with E-state index in [4.69, 9.17) is 29.4 Å². The summed E-state index contributed by atoms with van der Waals surface area (Å²) in [6, 6.07) is 15.9. The third kappa shape index (κ3) is 5.19. The molecule has 1 aliphatic carbocycles. The molecule has 11 nitrogen and oxygen atoms in total. The van der Waals surface area contributed by atoms with E-state index in [9.17, 15) is 14.4 Å². The zero-order valence-electron chi connectivity index (χ0n) is 24.7. The summed E-state index contributed by atoms with van der Waals surface area (Å²) < 4.78 is 27.7. The molecule has 0 radical (unpaired) electrons. The molecule has 5 rings (SSSR count). The number of hydrogen-bond acceptors (Lipinski definition) is 11.